The van der Waals surface area contributed by atoms with Gasteiger partial charge in [0.2, 0.25) is 5.89 Å². The lowest BCUT2D eigenvalue weighted by atomic mass is 9.97. The SMILES string of the molecule is CCn1cc(C(=O)N2CCCC(c3nnc(-c4cccs4)o3)C2)cn1. The molecule has 4 heterocycles. The highest BCUT2D eigenvalue weighted by Crippen LogP contribution is 2.30. The van der Waals surface area contributed by atoms with Crippen LogP contribution in [0.3, 0.4) is 0 Å². The van der Waals surface area contributed by atoms with Gasteiger partial charge in [0, 0.05) is 25.8 Å². The van der Waals surface area contributed by atoms with Crippen LogP contribution in [0.15, 0.2) is 34.3 Å². The molecule has 0 bridgehead atoms. The van der Waals surface area contributed by atoms with E-state index in [1.807, 2.05) is 29.3 Å². The first kappa shape index (κ1) is 16.0. The average molecular weight is 357 g/mol. The van der Waals surface area contributed by atoms with Crippen LogP contribution in [0.5, 0.6) is 0 Å². The Bertz CT molecular complexity index is 854. The van der Waals surface area contributed by atoms with E-state index in [1.165, 1.54) is 0 Å². The van der Waals surface area contributed by atoms with Crippen molar-refractivity contribution >= 4 is 17.2 Å². The Morgan fingerprint density at radius 3 is 3.12 bits per heavy atom. The lowest BCUT2D eigenvalue weighted by Gasteiger charge is -2.30. The van der Waals surface area contributed by atoms with Crippen LogP contribution >= 0.6 is 11.3 Å². The van der Waals surface area contributed by atoms with Gasteiger partial charge in [-0.15, -0.1) is 21.5 Å². The molecule has 1 atom stereocenters. The van der Waals surface area contributed by atoms with Crippen molar-refractivity contribution < 1.29 is 9.21 Å². The third-order valence-electron chi connectivity index (χ3n) is 4.43. The van der Waals surface area contributed by atoms with Gasteiger partial charge in [-0.1, -0.05) is 6.07 Å². The quantitative estimate of drug-likeness (QED) is 0.717. The molecule has 1 amide bonds. The van der Waals surface area contributed by atoms with Gasteiger partial charge in [0.15, 0.2) is 0 Å². The second-order valence-electron chi connectivity index (χ2n) is 6.10. The van der Waals surface area contributed by atoms with E-state index >= 15 is 0 Å². The van der Waals surface area contributed by atoms with Crippen LogP contribution in [0.1, 0.15) is 41.9 Å². The number of rotatable bonds is 4. The van der Waals surface area contributed by atoms with Crippen LogP contribution in [-0.2, 0) is 6.54 Å². The molecule has 0 aliphatic carbocycles. The van der Waals surface area contributed by atoms with E-state index in [4.69, 9.17) is 4.42 Å². The monoisotopic (exact) mass is 357 g/mol. The van der Waals surface area contributed by atoms with Crippen molar-refractivity contribution in [2.75, 3.05) is 13.1 Å². The van der Waals surface area contributed by atoms with Crippen molar-refractivity contribution in [3.05, 3.63) is 41.4 Å². The minimum Gasteiger partial charge on any atom is -0.420 e. The van der Waals surface area contributed by atoms with Crippen molar-refractivity contribution in [3.63, 3.8) is 0 Å². The first-order chi connectivity index (χ1) is 12.2. The van der Waals surface area contributed by atoms with E-state index in [1.54, 1.807) is 28.4 Å². The summed E-state index contributed by atoms with van der Waals surface area (Å²) in [7, 11) is 0. The van der Waals surface area contributed by atoms with Crippen LogP contribution in [0.4, 0.5) is 0 Å². The minimum atomic E-state index is 0.0161. The molecule has 1 saturated heterocycles. The summed E-state index contributed by atoms with van der Waals surface area (Å²) >= 11 is 1.57. The Morgan fingerprint density at radius 1 is 1.44 bits per heavy atom. The standard InChI is InChI=1S/C17H19N5O2S/c1-2-22-11-13(9-18-22)17(23)21-7-3-5-12(10-21)15-19-20-16(24-15)14-6-4-8-25-14/h4,6,8-9,11-12H,2-3,5,7,10H2,1H3. The lowest BCUT2D eigenvalue weighted by molar-refractivity contribution is 0.0698. The highest BCUT2D eigenvalue weighted by atomic mass is 32.1. The number of aryl methyl sites for hydroxylation is 1. The molecular formula is C17H19N5O2S. The van der Waals surface area contributed by atoms with E-state index in [9.17, 15) is 4.79 Å². The summed E-state index contributed by atoms with van der Waals surface area (Å²) in [5.41, 5.74) is 0.632. The molecule has 0 N–H and O–H groups in total. The number of hydrogen-bond donors (Lipinski definition) is 0. The summed E-state index contributed by atoms with van der Waals surface area (Å²) in [4.78, 5) is 15.5. The normalized spacial score (nSPS) is 17.8. The molecule has 3 aromatic heterocycles. The van der Waals surface area contributed by atoms with Crippen LogP contribution in [0.2, 0.25) is 0 Å². The lowest BCUT2D eigenvalue weighted by Crippen LogP contribution is -2.39. The second-order valence-corrected chi connectivity index (χ2v) is 7.05. The summed E-state index contributed by atoms with van der Waals surface area (Å²) in [5.74, 6) is 1.27. The Balaban J connectivity index is 1.48. The molecule has 1 unspecified atom stereocenters. The zero-order chi connectivity index (χ0) is 17.2. The molecule has 4 rings (SSSR count). The first-order valence-corrected chi connectivity index (χ1v) is 9.31. The van der Waals surface area contributed by atoms with Gasteiger partial charge < -0.3 is 9.32 Å². The predicted molar refractivity (Wildman–Crippen MR) is 93.4 cm³/mol. The van der Waals surface area contributed by atoms with Gasteiger partial charge in [0.25, 0.3) is 11.8 Å². The molecule has 1 aliphatic heterocycles. The fourth-order valence-electron chi connectivity index (χ4n) is 3.09. The maximum atomic E-state index is 12.7. The summed E-state index contributed by atoms with van der Waals surface area (Å²) in [6, 6.07) is 3.92. The zero-order valence-electron chi connectivity index (χ0n) is 14.0. The predicted octanol–water partition coefficient (Wildman–Crippen LogP) is 3.03. The molecular weight excluding hydrogens is 338 g/mol. The highest BCUT2D eigenvalue weighted by molar-refractivity contribution is 7.13. The van der Waals surface area contributed by atoms with Crippen LogP contribution < -0.4 is 0 Å². The van der Waals surface area contributed by atoms with Crippen molar-refractivity contribution in [1.82, 2.24) is 24.9 Å². The Kier molecular flexibility index (Phi) is 4.35. The van der Waals surface area contributed by atoms with Gasteiger partial charge in [-0.25, -0.2) is 0 Å². The van der Waals surface area contributed by atoms with Gasteiger partial charge >= 0.3 is 0 Å². The fraction of sp³-hybridized carbons (Fsp3) is 0.412. The largest absolute Gasteiger partial charge is 0.420 e. The zero-order valence-corrected chi connectivity index (χ0v) is 14.8. The highest BCUT2D eigenvalue weighted by Gasteiger charge is 2.29. The third kappa shape index (κ3) is 3.21. The van der Waals surface area contributed by atoms with Crippen LogP contribution in [0, 0.1) is 0 Å². The fourth-order valence-corrected chi connectivity index (χ4v) is 3.74. The number of thiophene rings is 1. The molecule has 130 valence electrons. The number of aromatic nitrogens is 4. The van der Waals surface area contributed by atoms with Gasteiger partial charge in [-0.2, -0.15) is 5.10 Å². The van der Waals surface area contributed by atoms with E-state index in [0.717, 1.165) is 30.8 Å². The van der Waals surface area contributed by atoms with Gasteiger partial charge in [0.05, 0.1) is 22.6 Å². The van der Waals surface area contributed by atoms with Gasteiger partial charge in [0.1, 0.15) is 0 Å². The number of amides is 1. The topological polar surface area (TPSA) is 77.0 Å². The number of nitrogens with zero attached hydrogens (tertiary/aromatic N) is 5. The Morgan fingerprint density at radius 2 is 2.36 bits per heavy atom. The number of piperidine rings is 1. The van der Waals surface area contributed by atoms with E-state index < -0.39 is 0 Å². The minimum absolute atomic E-state index is 0.0161. The van der Waals surface area contributed by atoms with Crippen LogP contribution in [0.25, 0.3) is 10.8 Å². The number of hydrogen-bond acceptors (Lipinski definition) is 6. The molecule has 8 heteroatoms. The molecule has 3 aromatic rings. The van der Waals surface area contributed by atoms with E-state index in [2.05, 4.69) is 15.3 Å². The van der Waals surface area contributed by atoms with Gasteiger partial charge in [-0.3, -0.25) is 9.48 Å². The first-order valence-electron chi connectivity index (χ1n) is 8.43. The smallest absolute Gasteiger partial charge is 0.257 e. The molecule has 0 spiro atoms. The maximum absolute atomic E-state index is 12.7. The molecule has 0 radical (unpaired) electrons. The third-order valence-corrected chi connectivity index (χ3v) is 5.29. The molecule has 7 nitrogen and oxygen atoms in total. The van der Waals surface area contributed by atoms with E-state index in [0.29, 0.717) is 23.9 Å². The van der Waals surface area contributed by atoms with Gasteiger partial charge in [-0.05, 0) is 31.2 Å². The van der Waals surface area contributed by atoms with E-state index in [-0.39, 0.29) is 11.8 Å². The summed E-state index contributed by atoms with van der Waals surface area (Å²) in [6.45, 7) is 4.10. The molecule has 0 saturated carbocycles. The molecule has 1 aliphatic rings. The molecule has 1 fully saturated rings. The molecule has 25 heavy (non-hydrogen) atoms. The summed E-state index contributed by atoms with van der Waals surface area (Å²) in [6.07, 6.45) is 5.31. The number of carbonyl (C=O) groups is 1. The van der Waals surface area contributed by atoms with Crippen molar-refractivity contribution in [1.29, 1.82) is 0 Å². The number of likely N-dealkylation sites (tertiary alicyclic amines) is 1. The van der Waals surface area contributed by atoms with Crippen LogP contribution in [-0.4, -0.2) is 43.9 Å². The van der Waals surface area contributed by atoms with Crippen molar-refractivity contribution in [2.45, 2.75) is 32.2 Å². The summed E-state index contributed by atoms with van der Waals surface area (Å²) in [5, 5.41) is 14.5. The maximum Gasteiger partial charge on any atom is 0.257 e. The molecule has 0 aromatic carbocycles. The Hall–Kier alpha value is -2.48. The second kappa shape index (κ2) is 6.79. The summed E-state index contributed by atoms with van der Waals surface area (Å²) < 4.78 is 7.62. The van der Waals surface area contributed by atoms with Crippen molar-refractivity contribution in [2.24, 2.45) is 0 Å². The number of carbonyl (C=O) groups excluding carboxylic acids is 1. The average Bonchev–Trinajstić information content (AvgIpc) is 3.41. The Labute approximate surface area is 149 Å². The van der Waals surface area contributed by atoms with Crippen molar-refractivity contribution in [3.8, 4) is 10.8 Å².